The number of ether oxygens (including phenoxy) is 1. The molecule has 0 saturated heterocycles. The van der Waals surface area contributed by atoms with Gasteiger partial charge in [0.2, 0.25) is 0 Å². The minimum absolute atomic E-state index is 0.134. The number of nitrogens with zero attached hydrogens (tertiary/aromatic N) is 2. The molecule has 0 radical (unpaired) electrons. The van der Waals surface area contributed by atoms with Crippen molar-refractivity contribution in [3.63, 3.8) is 0 Å². The summed E-state index contributed by atoms with van der Waals surface area (Å²) in [5, 5.41) is 0. The first kappa shape index (κ1) is 17.2. The highest BCUT2D eigenvalue weighted by molar-refractivity contribution is 5.78. The summed E-state index contributed by atoms with van der Waals surface area (Å²) >= 11 is 0. The van der Waals surface area contributed by atoms with Crippen molar-refractivity contribution < 1.29 is 22.3 Å². The summed E-state index contributed by atoms with van der Waals surface area (Å²) < 4.78 is 50.7. The average Bonchev–Trinajstić information content (AvgIpc) is 3.10. The smallest absolute Gasteiger partial charge is 0.420 e. The van der Waals surface area contributed by atoms with E-state index in [-0.39, 0.29) is 29.1 Å². The molecular formula is C17H21F3N2O2. The molecule has 2 atom stereocenters. The van der Waals surface area contributed by atoms with Crippen molar-refractivity contribution in [1.82, 2.24) is 9.88 Å². The van der Waals surface area contributed by atoms with E-state index in [1.165, 1.54) is 6.07 Å². The van der Waals surface area contributed by atoms with E-state index < -0.39 is 11.7 Å². The zero-order valence-corrected chi connectivity index (χ0v) is 14.0. The Kier molecular flexibility index (Phi) is 4.57. The fourth-order valence-corrected chi connectivity index (χ4v) is 3.59. The van der Waals surface area contributed by atoms with Crippen LogP contribution in [0.15, 0.2) is 16.5 Å². The number of hydrogen-bond donors (Lipinski definition) is 0. The van der Waals surface area contributed by atoms with E-state index in [1.807, 2.05) is 7.05 Å². The van der Waals surface area contributed by atoms with Crippen LogP contribution in [0.2, 0.25) is 0 Å². The summed E-state index contributed by atoms with van der Waals surface area (Å²) in [6.45, 7) is 1.96. The Hall–Kier alpha value is -1.60. The second kappa shape index (κ2) is 6.37. The summed E-state index contributed by atoms with van der Waals surface area (Å²) in [5.41, 5.74) is -0.131. The summed E-state index contributed by atoms with van der Waals surface area (Å²) in [6.07, 6.45) is -1.28. The number of likely N-dealkylation sites (N-methyl/N-ethyl adjacent to an activating group) is 1. The van der Waals surface area contributed by atoms with Crippen LogP contribution in [0.25, 0.3) is 11.1 Å². The summed E-state index contributed by atoms with van der Waals surface area (Å²) in [4.78, 5) is 6.14. The predicted octanol–water partition coefficient (Wildman–Crippen LogP) is 4.15. The highest BCUT2D eigenvalue weighted by Gasteiger charge is 2.36. The number of halogens is 3. The molecule has 1 heterocycles. The Labute approximate surface area is 138 Å². The number of benzene rings is 1. The van der Waals surface area contributed by atoms with E-state index >= 15 is 0 Å². The van der Waals surface area contributed by atoms with Gasteiger partial charge in [0.1, 0.15) is 11.1 Å². The van der Waals surface area contributed by atoms with Gasteiger partial charge in [-0.1, -0.05) is 0 Å². The number of rotatable bonds is 4. The number of aromatic nitrogens is 1. The Bertz CT molecular complexity index is 726. The van der Waals surface area contributed by atoms with Crippen molar-refractivity contribution >= 4 is 11.1 Å². The van der Waals surface area contributed by atoms with Crippen molar-refractivity contribution in [2.75, 3.05) is 14.2 Å². The van der Waals surface area contributed by atoms with Crippen molar-refractivity contribution in [2.45, 2.75) is 51.1 Å². The molecule has 0 N–H and O–H groups in total. The maximum absolute atomic E-state index is 13.3. The number of aryl methyl sites for hydroxylation is 1. The maximum atomic E-state index is 13.3. The van der Waals surface area contributed by atoms with Gasteiger partial charge >= 0.3 is 6.18 Å². The van der Waals surface area contributed by atoms with Crippen molar-refractivity contribution in [1.29, 1.82) is 0 Å². The van der Waals surface area contributed by atoms with Gasteiger partial charge in [-0.2, -0.15) is 13.2 Å². The van der Waals surface area contributed by atoms with E-state index in [4.69, 9.17) is 9.15 Å². The molecular weight excluding hydrogens is 321 g/mol. The fourth-order valence-electron chi connectivity index (χ4n) is 3.59. The molecule has 0 bridgehead atoms. The van der Waals surface area contributed by atoms with Crippen LogP contribution in [0.4, 0.5) is 13.2 Å². The van der Waals surface area contributed by atoms with Gasteiger partial charge in [-0.25, -0.2) is 4.98 Å². The SMILES string of the molecule is CO[C@@H]1CCC[C@H]1N(C)Cc1cc(C(F)(F)F)c2oc(C)nc2c1. The molecule has 4 nitrogen and oxygen atoms in total. The van der Waals surface area contributed by atoms with E-state index in [1.54, 1.807) is 20.1 Å². The summed E-state index contributed by atoms with van der Waals surface area (Å²) in [7, 11) is 3.61. The molecule has 1 aromatic heterocycles. The lowest BCUT2D eigenvalue weighted by atomic mass is 10.1. The topological polar surface area (TPSA) is 38.5 Å². The molecule has 1 aliphatic carbocycles. The third kappa shape index (κ3) is 3.28. The number of fused-ring (bicyclic) bond motifs is 1. The zero-order chi connectivity index (χ0) is 17.5. The first-order valence-corrected chi connectivity index (χ1v) is 8.00. The van der Waals surface area contributed by atoms with Crippen LogP contribution in [0.5, 0.6) is 0 Å². The molecule has 1 aliphatic rings. The predicted molar refractivity (Wildman–Crippen MR) is 83.7 cm³/mol. The standard InChI is InChI=1S/C17H21F3N2O2/c1-10-21-13-8-11(7-12(16(13)24-10)17(18,19)20)9-22(2)14-5-4-6-15(14)23-3/h7-8,14-15H,4-6,9H2,1-3H3/t14-,15-/m1/s1. The molecule has 1 saturated carbocycles. The van der Waals surface area contributed by atoms with Crippen LogP contribution in [0.1, 0.15) is 36.3 Å². The van der Waals surface area contributed by atoms with E-state index in [9.17, 15) is 13.2 Å². The normalized spacial score (nSPS) is 22.0. The summed E-state index contributed by atoms with van der Waals surface area (Å²) in [5.74, 6) is 0.233. The van der Waals surface area contributed by atoms with Crippen LogP contribution in [-0.4, -0.2) is 36.2 Å². The largest absolute Gasteiger partial charge is 0.440 e. The van der Waals surface area contributed by atoms with Gasteiger partial charge < -0.3 is 9.15 Å². The zero-order valence-electron chi connectivity index (χ0n) is 14.0. The molecule has 0 aliphatic heterocycles. The van der Waals surface area contributed by atoms with Gasteiger partial charge in [0.25, 0.3) is 0 Å². The molecule has 7 heteroatoms. The molecule has 3 rings (SSSR count). The van der Waals surface area contributed by atoms with Crippen LogP contribution in [0, 0.1) is 6.92 Å². The molecule has 2 aromatic rings. The minimum atomic E-state index is -4.47. The van der Waals surface area contributed by atoms with Gasteiger partial charge in [0, 0.05) is 26.6 Å². The lowest BCUT2D eigenvalue weighted by Crippen LogP contribution is -2.38. The van der Waals surface area contributed by atoms with Gasteiger partial charge in [-0.3, -0.25) is 4.90 Å². The lowest BCUT2D eigenvalue weighted by molar-refractivity contribution is -0.136. The monoisotopic (exact) mass is 342 g/mol. The number of hydrogen-bond acceptors (Lipinski definition) is 4. The fraction of sp³-hybridized carbons (Fsp3) is 0.588. The molecule has 0 unspecified atom stereocenters. The van der Waals surface area contributed by atoms with Gasteiger partial charge in [0.15, 0.2) is 11.5 Å². The molecule has 1 fully saturated rings. The second-order valence-corrected chi connectivity index (χ2v) is 6.41. The molecule has 0 spiro atoms. The van der Waals surface area contributed by atoms with Crippen molar-refractivity contribution in [2.24, 2.45) is 0 Å². The van der Waals surface area contributed by atoms with E-state index in [0.717, 1.165) is 19.3 Å². The van der Waals surface area contributed by atoms with Crippen molar-refractivity contribution in [3.8, 4) is 0 Å². The van der Waals surface area contributed by atoms with E-state index in [2.05, 4.69) is 9.88 Å². The number of methoxy groups -OCH3 is 1. The first-order valence-electron chi connectivity index (χ1n) is 8.00. The molecule has 0 amide bonds. The average molecular weight is 342 g/mol. The lowest BCUT2D eigenvalue weighted by Gasteiger charge is -2.29. The number of oxazole rings is 1. The van der Waals surface area contributed by atoms with Gasteiger partial charge in [0.05, 0.1) is 6.10 Å². The third-order valence-electron chi connectivity index (χ3n) is 4.68. The van der Waals surface area contributed by atoms with Gasteiger partial charge in [-0.05, 0) is 44.0 Å². The maximum Gasteiger partial charge on any atom is 0.420 e. The molecule has 24 heavy (non-hydrogen) atoms. The van der Waals surface area contributed by atoms with Crippen molar-refractivity contribution in [3.05, 3.63) is 29.2 Å². The van der Waals surface area contributed by atoms with E-state index in [0.29, 0.717) is 12.1 Å². The van der Waals surface area contributed by atoms with Crippen LogP contribution < -0.4 is 0 Å². The highest BCUT2D eigenvalue weighted by atomic mass is 19.4. The first-order chi connectivity index (χ1) is 11.3. The van der Waals surface area contributed by atoms with Gasteiger partial charge in [-0.15, -0.1) is 0 Å². The Balaban J connectivity index is 1.92. The van der Waals surface area contributed by atoms with Crippen LogP contribution in [0.3, 0.4) is 0 Å². The third-order valence-corrected chi connectivity index (χ3v) is 4.68. The Morgan fingerprint density at radius 3 is 2.75 bits per heavy atom. The summed E-state index contributed by atoms with van der Waals surface area (Å²) in [6, 6.07) is 3.06. The van der Waals surface area contributed by atoms with Crippen LogP contribution in [-0.2, 0) is 17.5 Å². The van der Waals surface area contributed by atoms with Crippen LogP contribution >= 0.6 is 0 Å². The quantitative estimate of drug-likeness (QED) is 0.836. The molecule has 1 aromatic carbocycles. The Morgan fingerprint density at radius 2 is 2.08 bits per heavy atom. The minimum Gasteiger partial charge on any atom is -0.440 e. The second-order valence-electron chi connectivity index (χ2n) is 6.41. The number of alkyl halides is 3. The molecule has 132 valence electrons. The highest BCUT2D eigenvalue weighted by Crippen LogP contribution is 2.36. The Morgan fingerprint density at radius 1 is 1.33 bits per heavy atom.